The average molecular weight is 340 g/mol. The first-order valence-corrected chi connectivity index (χ1v) is 10.7. The maximum absolute atomic E-state index is 12.6. The summed E-state index contributed by atoms with van der Waals surface area (Å²) in [5, 5.41) is 6.81. The molecule has 23 heavy (non-hydrogen) atoms. The SMILES string of the molecule is C[C@H]1C[C@@H](C(=O)NCC2(N3CCSCC3)CCCCC2)CCN1. The van der Waals surface area contributed by atoms with Crippen molar-refractivity contribution in [3.63, 3.8) is 0 Å². The number of hydrogen-bond donors (Lipinski definition) is 2. The summed E-state index contributed by atoms with van der Waals surface area (Å²) in [4.78, 5) is 15.4. The third-order valence-electron chi connectivity index (χ3n) is 6.05. The number of thioether (sulfide) groups is 1. The van der Waals surface area contributed by atoms with Crippen LogP contribution >= 0.6 is 11.8 Å². The highest BCUT2D eigenvalue weighted by atomic mass is 32.2. The van der Waals surface area contributed by atoms with Crippen LogP contribution in [0.15, 0.2) is 0 Å². The summed E-state index contributed by atoms with van der Waals surface area (Å²) in [7, 11) is 0. The summed E-state index contributed by atoms with van der Waals surface area (Å²) in [6.45, 7) is 6.44. The maximum atomic E-state index is 12.6. The fraction of sp³-hybridized carbons (Fsp3) is 0.944. The van der Waals surface area contributed by atoms with E-state index in [4.69, 9.17) is 0 Å². The molecule has 0 radical (unpaired) electrons. The number of rotatable bonds is 4. The number of nitrogens with one attached hydrogen (secondary N) is 2. The van der Waals surface area contributed by atoms with Crippen molar-refractivity contribution in [1.82, 2.24) is 15.5 Å². The van der Waals surface area contributed by atoms with Gasteiger partial charge in [-0.3, -0.25) is 9.69 Å². The van der Waals surface area contributed by atoms with Gasteiger partial charge in [0, 0.05) is 48.6 Å². The Labute approximate surface area is 145 Å². The topological polar surface area (TPSA) is 44.4 Å². The van der Waals surface area contributed by atoms with Crippen LogP contribution in [0.1, 0.15) is 51.9 Å². The fourth-order valence-corrected chi connectivity index (χ4v) is 5.52. The third-order valence-corrected chi connectivity index (χ3v) is 6.99. The van der Waals surface area contributed by atoms with Crippen LogP contribution in [0.5, 0.6) is 0 Å². The van der Waals surface area contributed by atoms with Crippen molar-refractivity contribution in [1.29, 1.82) is 0 Å². The Kier molecular flexibility index (Phi) is 6.27. The van der Waals surface area contributed by atoms with Crippen LogP contribution in [0.25, 0.3) is 0 Å². The van der Waals surface area contributed by atoms with Crippen LogP contribution in [0.4, 0.5) is 0 Å². The number of nitrogens with zero attached hydrogens (tertiary/aromatic N) is 1. The summed E-state index contributed by atoms with van der Waals surface area (Å²) >= 11 is 2.07. The quantitative estimate of drug-likeness (QED) is 0.824. The third kappa shape index (κ3) is 4.43. The smallest absolute Gasteiger partial charge is 0.223 e. The summed E-state index contributed by atoms with van der Waals surface area (Å²) in [6, 6.07) is 0.474. The molecule has 2 aliphatic heterocycles. The first-order chi connectivity index (χ1) is 11.2. The second kappa shape index (κ2) is 8.21. The van der Waals surface area contributed by atoms with Gasteiger partial charge in [-0.1, -0.05) is 19.3 Å². The normalized spacial score (nSPS) is 32.4. The van der Waals surface area contributed by atoms with Crippen LogP contribution in [-0.2, 0) is 4.79 Å². The van der Waals surface area contributed by atoms with Gasteiger partial charge >= 0.3 is 0 Å². The zero-order chi connectivity index (χ0) is 16.1. The second-order valence-electron chi connectivity index (χ2n) is 7.68. The van der Waals surface area contributed by atoms with Gasteiger partial charge in [0.1, 0.15) is 0 Å². The Balaban J connectivity index is 1.58. The first-order valence-electron chi connectivity index (χ1n) is 9.53. The van der Waals surface area contributed by atoms with Gasteiger partial charge < -0.3 is 10.6 Å². The lowest BCUT2D eigenvalue weighted by Gasteiger charge is -2.48. The molecule has 1 saturated carbocycles. The molecule has 3 rings (SSSR count). The lowest BCUT2D eigenvalue weighted by atomic mass is 9.79. The van der Waals surface area contributed by atoms with E-state index in [9.17, 15) is 4.79 Å². The minimum absolute atomic E-state index is 0.212. The van der Waals surface area contributed by atoms with E-state index < -0.39 is 0 Å². The standard InChI is InChI=1S/C18H33N3OS/c1-15-13-16(5-8-19-15)17(22)20-14-18(6-3-2-4-7-18)21-9-11-23-12-10-21/h15-16,19H,2-14H2,1H3,(H,20,22)/t15-,16-/m0/s1. The lowest BCUT2D eigenvalue weighted by molar-refractivity contribution is -0.127. The largest absolute Gasteiger partial charge is 0.354 e. The molecule has 3 aliphatic rings. The lowest BCUT2D eigenvalue weighted by Crippen LogP contribution is -2.59. The predicted molar refractivity (Wildman–Crippen MR) is 97.9 cm³/mol. The van der Waals surface area contributed by atoms with Gasteiger partial charge in [0.25, 0.3) is 0 Å². The van der Waals surface area contributed by atoms with Crippen molar-refractivity contribution in [3.8, 4) is 0 Å². The number of piperidine rings is 1. The molecule has 5 heteroatoms. The maximum Gasteiger partial charge on any atom is 0.223 e. The molecule has 2 N–H and O–H groups in total. The summed E-state index contributed by atoms with van der Waals surface area (Å²) in [5.41, 5.74) is 0.243. The Hall–Kier alpha value is -0.260. The molecule has 2 atom stereocenters. The first kappa shape index (κ1) is 17.6. The molecule has 0 aromatic heterocycles. The minimum atomic E-state index is 0.212. The van der Waals surface area contributed by atoms with Crippen molar-refractivity contribution < 1.29 is 4.79 Å². The van der Waals surface area contributed by atoms with Crippen LogP contribution in [0, 0.1) is 5.92 Å². The molecule has 0 unspecified atom stereocenters. The molecule has 0 bridgehead atoms. The fourth-order valence-electron chi connectivity index (χ4n) is 4.62. The number of carbonyl (C=O) groups excluding carboxylic acids is 1. The number of hydrogen-bond acceptors (Lipinski definition) is 4. The van der Waals surface area contributed by atoms with Crippen LogP contribution < -0.4 is 10.6 Å². The molecule has 0 aromatic carbocycles. The summed E-state index contributed by atoms with van der Waals surface area (Å²) < 4.78 is 0. The van der Waals surface area contributed by atoms with Gasteiger partial charge in [-0.05, 0) is 39.2 Å². The van der Waals surface area contributed by atoms with E-state index in [1.54, 1.807) is 0 Å². The highest BCUT2D eigenvalue weighted by Crippen LogP contribution is 2.35. The Morgan fingerprint density at radius 1 is 1.26 bits per heavy atom. The van der Waals surface area contributed by atoms with Crippen molar-refractivity contribution >= 4 is 17.7 Å². The predicted octanol–water partition coefficient (Wildman–Crippen LogP) is 2.24. The number of amides is 1. The molecular formula is C18H33N3OS. The summed E-state index contributed by atoms with van der Waals surface area (Å²) in [6.07, 6.45) is 8.52. The van der Waals surface area contributed by atoms with Gasteiger partial charge in [-0.25, -0.2) is 0 Å². The summed E-state index contributed by atoms with van der Waals surface area (Å²) in [5.74, 6) is 3.02. The van der Waals surface area contributed by atoms with E-state index in [1.165, 1.54) is 56.7 Å². The van der Waals surface area contributed by atoms with E-state index in [2.05, 4.69) is 34.2 Å². The van der Waals surface area contributed by atoms with Gasteiger partial charge in [-0.15, -0.1) is 0 Å². The Morgan fingerprint density at radius 3 is 2.70 bits per heavy atom. The highest BCUT2D eigenvalue weighted by molar-refractivity contribution is 7.99. The van der Waals surface area contributed by atoms with Crippen LogP contribution in [0.2, 0.25) is 0 Å². The van der Waals surface area contributed by atoms with Gasteiger partial charge in [-0.2, -0.15) is 11.8 Å². The molecule has 3 fully saturated rings. The molecule has 0 spiro atoms. The second-order valence-corrected chi connectivity index (χ2v) is 8.90. The van der Waals surface area contributed by atoms with Crippen molar-refractivity contribution in [2.24, 2.45) is 5.92 Å². The van der Waals surface area contributed by atoms with Gasteiger partial charge in [0.05, 0.1) is 0 Å². The molecule has 1 aliphatic carbocycles. The van der Waals surface area contributed by atoms with E-state index in [0.29, 0.717) is 11.9 Å². The van der Waals surface area contributed by atoms with Crippen LogP contribution in [-0.4, -0.2) is 60.1 Å². The molecule has 4 nitrogen and oxygen atoms in total. The van der Waals surface area contributed by atoms with Gasteiger partial charge in [0.2, 0.25) is 5.91 Å². The zero-order valence-corrected chi connectivity index (χ0v) is 15.4. The van der Waals surface area contributed by atoms with E-state index in [1.807, 2.05) is 0 Å². The molecule has 2 saturated heterocycles. The van der Waals surface area contributed by atoms with Gasteiger partial charge in [0.15, 0.2) is 0 Å². The zero-order valence-electron chi connectivity index (χ0n) is 14.6. The molecule has 1 amide bonds. The van der Waals surface area contributed by atoms with E-state index >= 15 is 0 Å². The Bertz CT molecular complexity index is 392. The Morgan fingerprint density at radius 2 is 2.00 bits per heavy atom. The average Bonchev–Trinajstić information content (AvgIpc) is 2.61. The van der Waals surface area contributed by atoms with Crippen LogP contribution in [0.3, 0.4) is 0 Å². The number of carbonyl (C=O) groups is 1. The van der Waals surface area contributed by atoms with Crippen molar-refractivity contribution in [2.45, 2.75) is 63.5 Å². The molecule has 0 aromatic rings. The minimum Gasteiger partial charge on any atom is -0.354 e. The highest BCUT2D eigenvalue weighted by Gasteiger charge is 2.39. The van der Waals surface area contributed by atoms with E-state index in [0.717, 1.165) is 25.9 Å². The monoisotopic (exact) mass is 339 g/mol. The van der Waals surface area contributed by atoms with Crippen molar-refractivity contribution in [3.05, 3.63) is 0 Å². The molecule has 132 valence electrons. The van der Waals surface area contributed by atoms with Crippen molar-refractivity contribution in [2.75, 3.05) is 37.7 Å². The van der Waals surface area contributed by atoms with E-state index in [-0.39, 0.29) is 11.5 Å². The molecule has 2 heterocycles. The molecular weight excluding hydrogens is 306 g/mol.